The smallest absolute Gasteiger partial charge is 0.418 e. The number of hydrogen-bond donors (Lipinski definition) is 1. The van der Waals surface area contributed by atoms with E-state index in [1.807, 2.05) is 0 Å². The lowest BCUT2D eigenvalue weighted by molar-refractivity contribution is -0.137. The lowest BCUT2D eigenvalue weighted by atomic mass is 10.1. The second kappa shape index (κ2) is 5.60. The molecule has 0 radical (unpaired) electrons. The summed E-state index contributed by atoms with van der Waals surface area (Å²) in [6.45, 7) is 0.00880. The molecule has 0 aliphatic carbocycles. The number of carbonyl (C=O) groups is 1. The average molecular weight is 326 g/mol. The average Bonchev–Trinajstić information content (AvgIpc) is 2.23. The van der Waals surface area contributed by atoms with E-state index < -0.39 is 17.7 Å². The molecule has 0 aliphatic rings. The zero-order valence-corrected chi connectivity index (χ0v) is 11.0. The number of halogens is 4. The summed E-state index contributed by atoms with van der Waals surface area (Å²) >= 11 is 3.10. The van der Waals surface area contributed by atoms with E-state index in [-0.39, 0.29) is 18.7 Å². The third-order valence-electron chi connectivity index (χ3n) is 2.34. The number of anilines is 1. The van der Waals surface area contributed by atoms with Gasteiger partial charge in [0, 0.05) is 23.8 Å². The fourth-order valence-electron chi connectivity index (χ4n) is 1.44. The van der Waals surface area contributed by atoms with E-state index in [4.69, 9.17) is 5.11 Å². The van der Waals surface area contributed by atoms with Crippen LogP contribution in [0, 0.1) is 0 Å². The van der Waals surface area contributed by atoms with Crippen LogP contribution in [0.4, 0.5) is 18.9 Å². The second-order valence-corrected chi connectivity index (χ2v) is 4.64. The lowest BCUT2D eigenvalue weighted by Crippen LogP contribution is -2.24. The molecule has 1 rings (SSSR count). The minimum atomic E-state index is -4.46. The Kier molecular flexibility index (Phi) is 4.61. The van der Waals surface area contributed by atoms with Gasteiger partial charge in [-0.25, -0.2) is 0 Å². The fraction of sp³-hybridized carbons (Fsp3) is 0.364. The van der Waals surface area contributed by atoms with Gasteiger partial charge in [0.1, 0.15) is 0 Å². The third kappa shape index (κ3) is 3.90. The van der Waals surface area contributed by atoms with Crippen molar-refractivity contribution >= 4 is 27.6 Å². The quantitative estimate of drug-likeness (QED) is 0.922. The van der Waals surface area contributed by atoms with Crippen molar-refractivity contribution in [1.29, 1.82) is 0 Å². The summed E-state index contributed by atoms with van der Waals surface area (Å²) in [4.78, 5) is 11.7. The molecule has 0 fully saturated rings. The van der Waals surface area contributed by atoms with Crippen molar-refractivity contribution in [2.75, 3.05) is 18.5 Å². The summed E-state index contributed by atoms with van der Waals surface area (Å²) in [5.41, 5.74) is -0.822. The zero-order chi connectivity index (χ0) is 13.9. The molecule has 1 N–H and O–H groups in total. The molecule has 0 unspecified atom stereocenters. The molecule has 0 amide bonds. The highest BCUT2D eigenvalue weighted by Gasteiger charge is 2.34. The van der Waals surface area contributed by atoms with Crippen LogP contribution in [0.25, 0.3) is 0 Å². The number of hydrogen-bond acceptors (Lipinski definition) is 2. The first-order chi connectivity index (χ1) is 8.21. The first-order valence-corrected chi connectivity index (χ1v) is 5.81. The Balaban J connectivity index is 3.05. The van der Waals surface area contributed by atoms with Crippen LogP contribution in [0.3, 0.4) is 0 Å². The first-order valence-electron chi connectivity index (χ1n) is 5.01. The minimum absolute atomic E-state index is 0.00880. The van der Waals surface area contributed by atoms with Gasteiger partial charge in [-0.3, -0.25) is 4.79 Å². The Morgan fingerprint density at radius 3 is 2.56 bits per heavy atom. The molecule has 18 heavy (non-hydrogen) atoms. The molecule has 7 heteroatoms. The van der Waals surface area contributed by atoms with Gasteiger partial charge in [-0.2, -0.15) is 13.2 Å². The molecule has 0 aromatic heterocycles. The van der Waals surface area contributed by atoms with Crippen LogP contribution < -0.4 is 4.90 Å². The second-order valence-electron chi connectivity index (χ2n) is 3.72. The topological polar surface area (TPSA) is 40.5 Å². The predicted molar refractivity (Wildman–Crippen MR) is 64.7 cm³/mol. The van der Waals surface area contributed by atoms with Crippen LogP contribution in [-0.2, 0) is 11.0 Å². The van der Waals surface area contributed by atoms with E-state index in [0.29, 0.717) is 4.47 Å². The van der Waals surface area contributed by atoms with Crippen molar-refractivity contribution < 1.29 is 23.1 Å². The fourth-order valence-corrected chi connectivity index (χ4v) is 1.79. The van der Waals surface area contributed by atoms with Gasteiger partial charge >= 0.3 is 12.1 Å². The van der Waals surface area contributed by atoms with Crippen molar-refractivity contribution in [3.05, 3.63) is 28.2 Å². The van der Waals surface area contributed by atoms with Gasteiger partial charge in [-0.05, 0) is 18.2 Å². The van der Waals surface area contributed by atoms with Crippen LogP contribution in [-0.4, -0.2) is 24.7 Å². The maximum Gasteiger partial charge on any atom is 0.418 e. The number of nitrogens with zero attached hydrogens (tertiary/aromatic N) is 1. The van der Waals surface area contributed by atoms with Gasteiger partial charge in [-0.1, -0.05) is 15.9 Å². The van der Waals surface area contributed by atoms with Crippen LogP contribution in [0.2, 0.25) is 0 Å². The number of alkyl halides is 3. The van der Waals surface area contributed by atoms with Gasteiger partial charge in [0.25, 0.3) is 0 Å². The number of carboxylic acids is 1. The van der Waals surface area contributed by atoms with Crippen molar-refractivity contribution in [1.82, 2.24) is 0 Å². The number of rotatable bonds is 4. The van der Waals surface area contributed by atoms with Gasteiger partial charge in [0.15, 0.2) is 0 Å². The molecule has 0 bridgehead atoms. The monoisotopic (exact) mass is 325 g/mol. The summed E-state index contributed by atoms with van der Waals surface area (Å²) in [6, 6.07) is 3.60. The Morgan fingerprint density at radius 1 is 1.44 bits per heavy atom. The van der Waals surface area contributed by atoms with E-state index in [2.05, 4.69) is 15.9 Å². The van der Waals surface area contributed by atoms with Crippen LogP contribution in [0.5, 0.6) is 0 Å². The molecular weight excluding hydrogens is 315 g/mol. The largest absolute Gasteiger partial charge is 0.481 e. The maximum absolute atomic E-state index is 12.8. The van der Waals surface area contributed by atoms with E-state index in [9.17, 15) is 18.0 Å². The Labute approximate surface area is 110 Å². The molecule has 1 aromatic carbocycles. The third-order valence-corrected chi connectivity index (χ3v) is 2.83. The maximum atomic E-state index is 12.8. The van der Waals surface area contributed by atoms with E-state index in [1.54, 1.807) is 0 Å². The summed E-state index contributed by atoms with van der Waals surface area (Å²) in [7, 11) is 1.43. The van der Waals surface area contributed by atoms with Gasteiger partial charge in [0.2, 0.25) is 0 Å². The molecular formula is C11H11BrF3NO2. The lowest BCUT2D eigenvalue weighted by Gasteiger charge is -2.23. The van der Waals surface area contributed by atoms with Crippen LogP contribution in [0.1, 0.15) is 12.0 Å². The number of aliphatic carboxylic acids is 1. The van der Waals surface area contributed by atoms with Crippen molar-refractivity contribution in [2.45, 2.75) is 12.6 Å². The molecule has 1 aromatic rings. The van der Waals surface area contributed by atoms with Crippen LogP contribution >= 0.6 is 15.9 Å². The summed E-state index contributed by atoms with van der Waals surface area (Å²) < 4.78 is 38.9. The molecule has 0 spiro atoms. The molecule has 0 saturated carbocycles. The Morgan fingerprint density at radius 2 is 2.06 bits per heavy atom. The number of carboxylic acid groups (broad SMARTS) is 1. The molecule has 0 saturated heterocycles. The van der Waals surface area contributed by atoms with Crippen LogP contribution in [0.15, 0.2) is 22.7 Å². The SMILES string of the molecule is CN(CCC(=O)O)c1cc(Br)ccc1C(F)(F)F. The standard InChI is InChI=1S/C11H11BrF3NO2/c1-16(5-4-10(17)18)9-6-7(12)2-3-8(9)11(13,14)15/h2-3,6H,4-5H2,1H3,(H,17,18). The molecule has 0 heterocycles. The summed E-state index contributed by atoms with van der Waals surface area (Å²) in [5.74, 6) is -1.05. The van der Waals surface area contributed by atoms with E-state index in [0.717, 1.165) is 6.07 Å². The molecule has 100 valence electrons. The van der Waals surface area contributed by atoms with Gasteiger partial charge < -0.3 is 10.0 Å². The van der Waals surface area contributed by atoms with E-state index >= 15 is 0 Å². The highest BCUT2D eigenvalue weighted by molar-refractivity contribution is 9.10. The highest BCUT2D eigenvalue weighted by Crippen LogP contribution is 2.37. The van der Waals surface area contributed by atoms with Crippen molar-refractivity contribution in [3.63, 3.8) is 0 Å². The summed E-state index contributed by atoms with van der Waals surface area (Å²) in [5, 5.41) is 8.53. The molecule has 3 nitrogen and oxygen atoms in total. The zero-order valence-electron chi connectivity index (χ0n) is 9.46. The highest BCUT2D eigenvalue weighted by atomic mass is 79.9. The Bertz CT molecular complexity index is 448. The minimum Gasteiger partial charge on any atom is -0.481 e. The Hall–Kier alpha value is -1.24. The van der Waals surface area contributed by atoms with Crippen molar-refractivity contribution in [2.24, 2.45) is 0 Å². The number of benzene rings is 1. The van der Waals surface area contributed by atoms with Gasteiger partial charge in [0.05, 0.1) is 12.0 Å². The van der Waals surface area contributed by atoms with Gasteiger partial charge in [-0.15, -0.1) is 0 Å². The molecule has 0 atom stereocenters. The van der Waals surface area contributed by atoms with Crippen molar-refractivity contribution in [3.8, 4) is 0 Å². The van der Waals surface area contributed by atoms with E-state index in [1.165, 1.54) is 24.1 Å². The summed E-state index contributed by atoms with van der Waals surface area (Å²) in [6.07, 6.45) is -4.69. The predicted octanol–water partition coefficient (Wildman–Crippen LogP) is 3.38. The first kappa shape index (κ1) is 14.8. The molecule has 0 aliphatic heterocycles. The normalized spacial score (nSPS) is 11.4.